The van der Waals surface area contributed by atoms with Gasteiger partial charge in [0, 0.05) is 6.07 Å². The molecular weight excluding hydrogens is 202 g/mol. The molecule has 0 aromatic heterocycles. The Balaban J connectivity index is 2.92. The standard InChI is InChI=1S/C9H12BFO4/c1-6(2)14-9-5-7(11)3-4-8(9)15-10(12)13/h3-6,12-13H,1-2H3. The number of benzene rings is 1. The smallest absolute Gasteiger partial charge is 0.509 e. The molecule has 0 aliphatic rings. The largest absolute Gasteiger partial charge is 0.707 e. The third-order valence-electron chi connectivity index (χ3n) is 1.50. The normalized spacial score (nSPS) is 10.3. The average molecular weight is 214 g/mol. The molecule has 0 saturated carbocycles. The Morgan fingerprint density at radius 1 is 1.27 bits per heavy atom. The molecular formula is C9H12BFO4. The molecule has 1 aromatic rings. The molecule has 0 bridgehead atoms. The number of hydrogen-bond acceptors (Lipinski definition) is 4. The molecule has 2 N–H and O–H groups in total. The highest BCUT2D eigenvalue weighted by molar-refractivity contribution is 6.33. The van der Waals surface area contributed by atoms with E-state index >= 15 is 0 Å². The first kappa shape index (κ1) is 11.8. The lowest BCUT2D eigenvalue weighted by Gasteiger charge is -2.14. The summed E-state index contributed by atoms with van der Waals surface area (Å²) in [7, 11) is -1.95. The minimum absolute atomic E-state index is 0.0834. The predicted molar refractivity (Wildman–Crippen MR) is 53.0 cm³/mol. The summed E-state index contributed by atoms with van der Waals surface area (Å²) in [5.41, 5.74) is 0. The fraction of sp³-hybridized carbons (Fsp3) is 0.333. The minimum atomic E-state index is -1.95. The molecule has 0 atom stereocenters. The highest BCUT2D eigenvalue weighted by Gasteiger charge is 2.16. The van der Waals surface area contributed by atoms with Gasteiger partial charge in [-0.3, -0.25) is 0 Å². The maximum atomic E-state index is 12.9. The van der Waals surface area contributed by atoms with E-state index in [2.05, 4.69) is 4.65 Å². The van der Waals surface area contributed by atoms with Crippen LogP contribution in [0.15, 0.2) is 18.2 Å². The molecule has 1 aromatic carbocycles. The molecule has 0 heterocycles. The van der Waals surface area contributed by atoms with Crippen molar-refractivity contribution < 1.29 is 23.8 Å². The van der Waals surface area contributed by atoms with Crippen LogP contribution in [0, 0.1) is 5.82 Å². The van der Waals surface area contributed by atoms with Crippen molar-refractivity contribution in [1.82, 2.24) is 0 Å². The van der Waals surface area contributed by atoms with E-state index in [0.717, 1.165) is 12.1 Å². The van der Waals surface area contributed by atoms with E-state index in [0.29, 0.717) is 0 Å². The molecule has 0 aliphatic carbocycles. The molecule has 0 fully saturated rings. The summed E-state index contributed by atoms with van der Waals surface area (Å²) < 4.78 is 22.7. The van der Waals surface area contributed by atoms with Crippen molar-refractivity contribution in [3.63, 3.8) is 0 Å². The van der Waals surface area contributed by atoms with Gasteiger partial charge in [0.15, 0.2) is 5.75 Å². The summed E-state index contributed by atoms with van der Waals surface area (Å²) in [6, 6.07) is 3.54. The van der Waals surface area contributed by atoms with Crippen LogP contribution in [0.4, 0.5) is 4.39 Å². The van der Waals surface area contributed by atoms with Crippen LogP contribution in [0.2, 0.25) is 0 Å². The predicted octanol–water partition coefficient (Wildman–Crippen LogP) is 0.961. The van der Waals surface area contributed by atoms with Gasteiger partial charge in [0.2, 0.25) is 0 Å². The summed E-state index contributed by atoms with van der Waals surface area (Å²) in [4.78, 5) is 0. The Bertz CT molecular complexity index is 330. The van der Waals surface area contributed by atoms with Crippen molar-refractivity contribution >= 4 is 7.32 Å². The third-order valence-corrected chi connectivity index (χ3v) is 1.50. The average Bonchev–Trinajstić information content (AvgIpc) is 2.08. The van der Waals surface area contributed by atoms with Crippen molar-refractivity contribution in [1.29, 1.82) is 0 Å². The highest BCUT2D eigenvalue weighted by atomic mass is 19.1. The van der Waals surface area contributed by atoms with Gasteiger partial charge in [0.25, 0.3) is 0 Å². The molecule has 0 amide bonds. The Hall–Kier alpha value is -1.27. The van der Waals surface area contributed by atoms with Gasteiger partial charge in [-0.25, -0.2) is 4.39 Å². The van der Waals surface area contributed by atoms with Crippen molar-refractivity contribution in [3.05, 3.63) is 24.0 Å². The first-order valence-corrected chi connectivity index (χ1v) is 4.48. The topological polar surface area (TPSA) is 58.9 Å². The second-order valence-electron chi connectivity index (χ2n) is 3.20. The molecule has 0 unspecified atom stereocenters. The van der Waals surface area contributed by atoms with Crippen molar-refractivity contribution in [2.75, 3.05) is 0 Å². The maximum absolute atomic E-state index is 12.9. The van der Waals surface area contributed by atoms with E-state index < -0.39 is 13.1 Å². The molecule has 0 spiro atoms. The zero-order valence-corrected chi connectivity index (χ0v) is 8.48. The molecule has 1 rings (SSSR count). The molecule has 0 saturated heterocycles. The van der Waals surface area contributed by atoms with Gasteiger partial charge in [-0.1, -0.05) is 0 Å². The number of hydrogen-bond donors (Lipinski definition) is 2. The first-order chi connectivity index (χ1) is 6.99. The molecule has 0 radical (unpaired) electrons. The fourth-order valence-corrected chi connectivity index (χ4v) is 1.04. The second-order valence-corrected chi connectivity index (χ2v) is 3.20. The molecule has 4 nitrogen and oxygen atoms in total. The van der Waals surface area contributed by atoms with E-state index in [9.17, 15) is 4.39 Å². The van der Waals surface area contributed by atoms with Gasteiger partial charge in [-0.15, -0.1) is 0 Å². The van der Waals surface area contributed by atoms with Crippen LogP contribution in [-0.4, -0.2) is 23.5 Å². The van der Waals surface area contributed by atoms with Gasteiger partial charge in [0.05, 0.1) is 6.10 Å². The number of ether oxygens (including phenoxy) is 1. The van der Waals surface area contributed by atoms with E-state index in [1.165, 1.54) is 6.07 Å². The molecule has 15 heavy (non-hydrogen) atoms. The summed E-state index contributed by atoms with van der Waals surface area (Å²) in [5.74, 6) is -0.261. The van der Waals surface area contributed by atoms with Gasteiger partial charge in [0.1, 0.15) is 11.6 Å². The van der Waals surface area contributed by atoms with Crippen molar-refractivity contribution in [3.8, 4) is 11.5 Å². The summed E-state index contributed by atoms with van der Waals surface area (Å²) in [6.07, 6.45) is -0.162. The third kappa shape index (κ3) is 3.77. The van der Waals surface area contributed by atoms with Crippen LogP contribution in [0.3, 0.4) is 0 Å². The van der Waals surface area contributed by atoms with E-state index in [-0.39, 0.29) is 17.6 Å². The number of rotatable bonds is 4. The van der Waals surface area contributed by atoms with Crippen LogP contribution in [0.25, 0.3) is 0 Å². The fourth-order valence-electron chi connectivity index (χ4n) is 1.04. The summed E-state index contributed by atoms with van der Waals surface area (Å²) >= 11 is 0. The van der Waals surface area contributed by atoms with Gasteiger partial charge >= 0.3 is 7.32 Å². The summed E-state index contributed by atoms with van der Waals surface area (Å²) in [5, 5.41) is 17.2. The van der Waals surface area contributed by atoms with E-state index in [1.54, 1.807) is 13.8 Å². The Morgan fingerprint density at radius 2 is 1.93 bits per heavy atom. The Labute approximate surface area is 87.4 Å². The van der Waals surface area contributed by atoms with Gasteiger partial charge in [-0.05, 0) is 26.0 Å². The van der Waals surface area contributed by atoms with Crippen LogP contribution in [-0.2, 0) is 0 Å². The van der Waals surface area contributed by atoms with Gasteiger partial charge in [-0.2, -0.15) is 0 Å². The Kier molecular flexibility index (Phi) is 3.93. The summed E-state index contributed by atoms with van der Waals surface area (Å²) in [6.45, 7) is 3.54. The number of halogens is 1. The van der Waals surface area contributed by atoms with Crippen LogP contribution < -0.4 is 9.39 Å². The zero-order chi connectivity index (χ0) is 11.4. The zero-order valence-electron chi connectivity index (χ0n) is 8.48. The monoisotopic (exact) mass is 214 g/mol. The van der Waals surface area contributed by atoms with E-state index in [4.69, 9.17) is 14.8 Å². The minimum Gasteiger partial charge on any atom is -0.509 e. The molecule has 82 valence electrons. The van der Waals surface area contributed by atoms with E-state index in [1.807, 2.05) is 0 Å². The lowest BCUT2D eigenvalue weighted by Crippen LogP contribution is -2.21. The van der Waals surface area contributed by atoms with Crippen LogP contribution in [0.5, 0.6) is 11.5 Å². The van der Waals surface area contributed by atoms with Crippen molar-refractivity contribution in [2.45, 2.75) is 20.0 Å². The SMILES string of the molecule is CC(C)Oc1cc(F)ccc1OB(O)O. The lowest BCUT2D eigenvalue weighted by atomic mass is 10.2. The quantitative estimate of drug-likeness (QED) is 0.733. The molecule has 0 aliphatic heterocycles. The van der Waals surface area contributed by atoms with Crippen LogP contribution in [0.1, 0.15) is 13.8 Å². The second kappa shape index (κ2) is 5.00. The lowest BCUT2D eigenvalue weighted by molar-refractivity contribution is 0.224. The molecule has 6 heteroatoms. The van der Waals surface area contributed by atoms with Crippen molar-refractivity contribution in [2.24, 2.45) is 0 Å². The van der Waals surface area contributed by atoms with Gasteiger partial charge < -0.3 is 19.4 Å². The van der Waals surface area contributed by atoms with Crippen LogP contribution >= 0.6 is 0 Å². The first-order valence-electron chi connectivity index (χ1n) is 4.48. The Morgan fingerprint density at radius 3 is 2.47 bits per heavy atom. The maximum Gasteiger partial charge on any atom is 0.707 e. The highest BCUT2D eigenvalue weighted by Crippen LogP contribution is 2.28.